The second kappa shape index (κ2) is 4.28. The van der Waals surface area contributed by atoms with E-state index in [4.69, 9.17) is 10.5 Å². The molecule has 1 aromatic heterocycles. The maximum Gasteiger partial charge on any atom is 0.0727 e. The SMILES string of the molecule is COCc1cc(CCN)n(C)c1. The lowest BCUT2D eigenvalue weighted by atomic mass is 10.3. The van der Waals surface area contributed by atoms with Gasteiger partial charge in [0.15, 0.2) is 0 Å². The largest absolute Gasteiger partial charge is 0.380 e. The van der Waals surface area contributed by atoms with Gasteiger partial charge in [-0.25, -0.2) is 0 Å². The zero-order chi connectivity index (χ0) is 8.97. The van der Waals surface area contributed by atoms with Crippen LogP contribution in [0.15, 0.2) is 12.3 Å². The van der Waals surface area contributed by atoms with Gasteiger partial charge in [-0.05, 0) is 24.6 Å². The predicted octanol–water partition coefficient (Wildman–Crippen LogP) is 0.673. The highest BCUT2D eigenvalue weighted by Crippen LogP contribution is 2.08. The van der Waals surface area contributed by atoms with Crippen LogP contribution in [0, 0.1) is 0 Å². The summed E-state index contributed by atoms with van der Waals surface area (Å²) in [6, 6.07) is 2.14. The van der Waals surface area contributed by atoms with Crippen molar-refractivity contribution in [2.75, 3.05) is 13.7 Å². The lowest BCUT2D eigenvalue weighted by molar-refractivity contribution is 0.185. The first-order valence-corrected chi connectivity index (χ1v) is 4.11. The summed E-state index contributed by atoms with van der Waals surface area (Å²) in [4.78, 5) is 0. The van der Waals surface area contributed by atoms with Crippen LogP contribution in [0.5, 0.6) is 0 Å². The van der Waals surface area contributed by atoms with Crippen LogP contribution >= 0.6 is 0 Å². The smallest absolute Gasteiger partial charge is 0.0727 e. The molecule has 3 heteroatoms. The van der Waals surface area contributed by atoms with Gasteiger partial charge in [-0.15, -0.1) is 0 Å². The monoisotopic (exact) mass is 168 g/mol. The van der Waals surface area contributed by atoms with Gasteiger partial charge in [0, 0.05) is 26.0 Å². The third kappa shape index (κ3) is 2.09. The number of hydrogen-bond acceptors (Lipinski definition) is 2. The molecule has 0 saturated carbocycles. The van der Waals surface area contributed by atoms with E-state index in [0.717, 1.165) is 6.42 Å². The number of hydrogen-bond donors (Lipinski definition) is 1. The van der Waals surface area contributed by atoms with Crippen LogP contribution < -0.4 is 5.73 Å². The summed E-state index contributed by atoms with van der Waals surface area (Å²) in [5.41, 5.74) is 7.95. The molecule has 68 valence electrons. The zero-order valence-corrected chi connectivity index (χ0v) is 7.71. The Kier molecular flexibility index (Phi) is 3.31. The van der Waals surface area contributed by atoms with Gasteiger partial charge in [0.2, 0.25) is 0 Å². The molecule has 0 unspecified atom stereocenters. The summed E-state index contributed by atoms with van der Waals surface area (Å²) in [6.45, 7) is 1.38. The minimum absolute atomic E-state index is 0.679. The fourth-order valence-electron chi connectivity index (χ4n) is 1.33. The van der Waals surface area contributed by atoms with E-state index in [2.05, 4.69) is 16.8 Å². The maximum atomic E-state index is 5.47. The quantitative estimate of drug-likeness (QED) is 0.718. The fraction of sp³-hybridized carbons (Fsp3) is 0.556. The Labute approximate surface area is 73.1 Å². The van der Waals surface area contributed by atoms with Crippen LogP contribution in [0.25, 0.3) is 0 Å². The van der Waals surface area contributed by atoms with Crippen LogP contribution in [0.3, 0.4) is 0 Å². The molecular weight excluding hydrogens is 152 g/mol. The molecule has 0 spiro atoms. The van der Waals surface area contributed by atoms with Gasteiger partial charge in [-0.3, -0.25) is 0 Å². The Bertz CT molecular complexity index is 243. The van der Waals surface area contributed by atoms with Crippen LogP contribution in [-0.4, -0.2) is 18.2 Å². The molecule has 1 rings (SSSR count). The van der Waals surface area contributed by atoms with Crippen molar-refractivity contribution in [3.05, 3.63) is 23.5 Å². The molecular formula is C9H16N2O. The van der Waals surface area contributed by atoms with Gasteiger partial charge in [0.1, 0.15) is 0 Å². The predicted molar refractivity (Wildman–Crippen MR) is 48.9 cm³/mol. The second-order valence-corrected chi connectivity index (χ2v) is 2.92. The van der Waals surface area contributed by atoms with Gasteiger partial charge >= 0.3 is 0 Å². The number of aromatic nitrogens is 1. The van der Waals surface area contributed by atoms with E-state index >= 15 is 0 Å². The third-order valence-electron chi connectivity index (χ3n) is 1.88. The molecule has 0 aliphatic rings. The van der Waals surface area contributed by atoms with Gasteiger partial charge < -0.3 is 15.0 Å². The summed E-state index contributed by atoms with van der Waals surface area (Å²) in [5.74, 6) is 0. The Morgan fingerprint density at radius 2 is 2.33 bits per heavy atom. The average molecular weight is 168 g/mol. The summed E-state index contributed by atoms with van der Waals surface area (Å²) in [5, 5.41) is 0. The van der Waals surface area contributed by atoms with Gasteiger partial charge in [-0.1, -0.05) is 0 Å². The zero-order valence-electron chi connectivity index (χ0n) is 7.71. The first-order chi connectivity index (χ1) is 5.77. The van der Waals surface area contributed by atoms with Crippen molar-refractivity contribution in [1.29, 1.82) is 0 Å². The van der Waals surface area contributed by atoms with Crippen molar-refractivity contribution < 1.29 is 4.74 Å². The molecule has 0 fully saturated rings. The number of nitrogens with two attached hydrogens (primary N) is 1. The van der Waals surface area contributed by atoms with E-state index in [-0.39, 0.29) is 0 Å². The highest BCUT2D eigenvalue weighted by Gasteiger charge is 2.00. The van der Waals surface area contributed by atoms with Crippen molar-refractivity contribution in [2.24, 2.45) is 12.8 Å². The van der Waals surface area contributed by atoms with Crippen LogP contribution in [0.2, 0.25) is 0 Å². The van der Waals surface area contributed by atoms with Gasteiger partial charge in [0.05, 0.1) is 6.61 Å². The molecule has 0 atom stereocenters. The number of aryl methyl sites for hydroxylation is 1. The second-order valence-electron chi connectivity index (χ2n) is 2.92. The van der Waals surface area contributed by atoms with Crippen LogP contribution in [-0.2, 0) is 24.8 Å². The molecule has 3 nitrogen and oxygen atoms in total. The van der Waals surface area contributed by atoms with E-state index in [9.17, 15) is 0 Å². The van der Waals surface area contributed by atoms with Gasteiger partial charge in [-0.2, -0.15) is 0 Å². The topological polar surface area (TPSA) is 40.2 Å². The minimum Gasteiger partial charge on any atom is -0.380 e. The molecule has 0 bridgehead atoms. The molecule has 0 aliphatic heterocycles. The van der Waals surface area contributed by atoms with E-state index in [0.29, 0.717) is 13.2 Å². The molecule has 0 saturated heterocycles. The Morgan fingerprint density at radius 3 is 2.92 bits per heavy atom. The van der Waals surface area contributed by atoms with Crippen LogP contribution in [0.4, 0.5) is 0 Å². The lowest BCUT2D eigenvalue weighted by Gasteiger charge is -1.98. The van der Waals surface area contributed by atoms with E-state index in [1.54, 1.807) is 7.11 Å². The Hall–Kier alpha value is -0.800. The van der Waals surface area contributed by atoms with Crippen molar-refractivity contribution in [1.82, 2.24) is 4.57 Å². The summed E-state index contributed by atoms with van der Waals surface area (Å²) in [6.07, 6.45) is 3.01. The molecule has 0 amide bonds. The van der Waals surface area contributed by atoms with Crippen LogP contribution in [0.1, 0.15) is 11.3 Å². The highest BCUT2D eigenvalue weighted by atomic mass is 16.5. The number of nitrogens with zero attached hydrogens (tertiary/aromatic N) is 1. The average Bonchev–Trinajstić information content (AvgIpc) is 2.34. The van der Waals surface area contributed by atoms with E-state index in [1.807, 2.05) is 7.05 Å². The fourth-order valence-corrected chi connectivity index (χ4v) is 1.33. The van der Waals surface area contributed by atoms with Crippen molar-refractivity contribution in [2.45, 2.75) is 13.0 Å². The number of methoxy groups -OCH3 is 1. The minimum atomic E-state index is 0.679. The molecule has 1 aromatic rings. The van der Waals surface area contributed by atoms with Crippen molar-refractivity contribution >= 4 is 0 Å². The molecule has 0 radical (unpaired) electrons. The van der Waals surface area contributed by atoms with E-state index < -0.39 is 0 Å². The molecule has 0 aromatic carbocycles. The summed E-state index contributed by atoms with van der Waals surface area (Å²) < 4.78 is 7.13. The summed E-state index contributed by atoms with van der Waals surface area (Å²) in [7, 11) is 3.74. The number of rotatable bonds is 4. The van der Waals surface area contributed by atoms with E-state index in [1.165, 1.54) is 11.3 Å². The Balaban J connectivity index is 2.70. The highest BCUT2D eigenvalue weighted by molar-refractivity contribution is 5.18. The normalized spacial score (nSPS) is 10.6. The Morgan fingerprint density at radius 1 is 1.58 bits per heavy atom. The lowest BCUT2D eigenvalue weighted by Crippen LogP contribution is -2.05. The molecule has 2 N–H and O–H groups in total. The summed E-state index contributed by atoms with van der Waals surface area (Å²) >= 11 is 0. The first-order valence-electron chi connectivity index (χ1n) is 4.11. The first kappa shape index (κ1) is 9.29. The number of ether oxygens (including phenoxy) is 1. The third-order valence-corrected chi connectivity index (χ3v) is 1.88. The van der Waals surface area contributed by atoms with Crippen molar-refractivity contribution in [3.63, 3.8) is 0 Å². The molecule has 12 heavy (non-hydrogen) atoms. The molecule has 1 heterocycles. The molecule has 0 aliphatic carbocycles. The van der Waals surface area contributed by atoms with Crippen molar-refractivity contribution in [3.8, 4) is 0 Å². The van der Waals surface area contributed by atoms with Gasteiger partial charge in [0.25, 0.3) is 0 Å². The maximum absolute atomic E-state index is 5.47. The standard InChI is InChI=1S/C9H16N2O/c1-11-6-8(7-12-2)5-9(11)3-4-10/h5-6H,3-4,7,10H2,1-2H3.